The van der Waals surface area contributed by atoms with Gasteiger partial charge in [-0.25, -0.2) is 4.79 Å². The van der Waals surface area contributed by atoms with Gasteiger partial charge in [-0.2, -0.15) is 0 Å². The maximum absolute atomic E-state index is 13.3. The van der Waals surface area contributed by atoms with E-state index < -0.39 is 12.0 Å². The lowest BCUT2D eigenvalue weighted by molar-refractivity contribution is -0.137. The quantitative estimate of drug-likeness (QED) is 0.585. The zero-order chi connectivity index (χ0) is 19.7. The molecule has 0 radical (unpaired) electrons. The number of H-pyrrole nitrogens is 1. The van der Waals surface area contributed by atoms with Gasteiger partial charge in [0.15, 0.2) is 5.78 Å². The largest absolute Gasteiger partial charge is 0.461 e. The SMILES string of the molecule is CCOC(=O)c1[nH]c(C)c(C(=O)[C@@H](C)N(C(=O)C2CCCC2)C2CC2)c1C. The molecule has 1 heterocycles. The van der Waals surface area contributed by atoms with Crippen molar-refractivity contribution < 1.29 is 19.1 Å². The van der Waals surface area contributed by atoms with Gasteiger partial charge in [0.05, 0.1) is 12.6 Å². The van der Waals surface area contributed by atoms with Crippen LogP contribution in [0.15, 0.2) is 0 Å². The number of nitrogens with one attached hydrogen (secondary N) is 1. The molecule has 1 atom stereocenters. The molecule has 0 bridgehead atoms. The van der Waals surface area contributed by atoms with Crippen LogP contribution < -0.4 is 0 Å². The van der Waals surface area contributed by atoms with Crippen molar-refractivity contribution in [2.24, 2.45) is 5.92 Å². The first kappa shape index (κ1) is 19.6. The Labute approximate surface area is 160 Å². The highest BCUT2D eigenvalue weighted by Gasteiger charge is 2.42. The molecule has 6 nitrogen and oxygen atoms in total. The van der Waals surface area contributed by atoms with E-state index in [1.54, 1.807) is 20.8 Å². The monoisotopic (exact) mass is 374 g/mol. The minimum atomic E-state index is -0.520. The minimum absolute atomic E-state index is 0.0596. The van der Waals surface area contributed by atoms with Gasteiger partial charge in [-0.1, -0.05) is 12.8 Å². The summed E-state index contributed by atoms with van der Waals surface area (Å²) in [6, 6.07) is -0.338. The molecule has 2 aliphatic carbocycles. The number of ether oxygens (including phenoxy) is 1. The van der Waals surface area contributed by atoms with E-state index in [1.807, 2.05) is 11.8 Å². The van der Waals surface area contributed by atoms with Gasteiger partial charge < -0.3 is 14.6 Å². The number of hydrogen-bond acceptors (Lipinski definition) is 4. The summed E-state index contributed by atoms with van der Waals surface area (Å²) >= 11 is 0. The lowest BCUT2D eigenvalue weighted by Crippen LogP contribution is -2.47. The van der Waals surface area contributed by atoms with Gasteiger partial charge in [-0.15, -0.1) is 0 Å². The second-order valence-corrected chi connectivity index (χ2v) is 7.84. The van der Waals surface area contributed by atoms with E-state index in [4.69, 9.17) is 4.74 Å². The molecule has 0 aromatic carbocycles. The Bertz CT molecular complexity index is 742. The van der Waals surface area contributed by atoms with Crippen LogP contribution in [0.2, 0.25) is 0 Å². The summed E-state index contributed by atoms with van der Waals surface area (Å²) in [5.74, 6) is -0.363. The number of aromatic nitrogens is 1. The van der Waals surface area contributed by atoms with E-state index in [-0.39, 0.29) is 30.3 Å². The number of aromatic amines is 1. The number of amides is 1. The summed E-state index contributed by atoms with van der Waals surface area (Å²) in [6.07, 6.45) is 5.98. The fraction of sp³-hybridized carbons (Fsp3) is 0.667. The summed E-state index contributed by atoms with van der Waals surface area (Å²) in [7, 11) is 0. The molecular formula is C21H30N2O4. The fourth-order valence-electron chi connectivity index (χ4n) is 4.29. The molecule has 2 saturated carbocycles. The number of carbonyl (C=O) groups excluding carboxylic acids is 3. The van der Waals surface area contributed by atoms with Crippen molar-refractivity contribution in [3.63, 3.8) is 0 Å². The van der Waals surface area contributed by atoms with Crippen molar-refractivity contribution in [2.75, 3.05) is 6.61 Å². The molecule has 1 aromatic rings. The zero-order valence-corrected chi connectivity index (χ0v) is 16.8. The standard InChI is InChI=1S/C21H30N2O4/c1-5-27-21(26)18-12(2)17(13(3)22-18)19(24)14(4)23(16-10-11-16)20(25)15-8-6-7-9-15/h14-16,22H,5-11H2,1-4H3/t14-/m1/s1. The summed E-state index contributed by atoms with van der Waals surface area (Å²) in [5, 5.41) is 0. The first-order chi connectivity index (χ1) is 12.9. The zero-order valence-electron chi connectivity index (χ0n) is 16.8. The Balaban J connectivity index is 1.85. The molecule has 2 fully saturated rings. The number of carbonyl (C=O) groups is 3. The Kier molecular flexibility index (Phi) is 5.72. The average Bonchev–Trinajstić information content (AvgIpc) is 3.20. The van der Waals surface area contributed by atoms with E-state index in [1.165, 1.54) is 0 Å². The number of nitrogens with zero attached hydrogens (tertiary/aromatic N) is 1. The lowest BCUT2D eigenvalue weighted by atomic mass is 9.98. The maximum Gasteiger partial charge on any atom is 0.355 e. The van der Waals surface area contributed by atoms with Crippen molar-refractivity contribution in [1.82, 2.24) is 9.88 Å². The molecule has 0 spiro atoms. The number of aryl methyl sites for hydroxylation is 1. The van der Waals surface area contributed by atoms with Crippen molar-refractivity contribution in [1.29, 1.82) is 0 Å². The number of hydrogen-bond donors (Lipinski definition) is 1. The summed E-state index contributed by atoms with van der Waals surface area (Å²) in [6.45, 7) is 7.40. The van der Waals surface area contributed by atoms with E-state index in [9.17, 15) is 14.4 Å². The molecule has 0 saturated heterocycles. The minimum Gasteiger partial charge on any atom is -0.461 e. The highest BCUT2D eigenvalue weighted by atomic mass is 16.5. The van der Waals surface area contributed by atoms with Gasteiger partial charge in [0.25, 0.3) is 0 Å². The Hall–Kier alpha value is -2.11. The van der Waals surface area contributed by atoms with Gasteiger partial charge in [0.2, 0.25) is 5.91 Å². The Morgan fingerprint density at radius 2 is 1.78 bits per heavy atom. The van der Waals surface area contributed by atoms with Gasteiger partial charge >= 0.3 is 5.97 Å². The highest BCUT2D eigenvalue weighted by molar-refractivity contribution is 6.06. The number of esters is 1. The van der Waals surface area contributed by atoms with Crippen LogP contribution in [0.1, 0.15) is 84.5 Å². The molecule has 1 aromatic heterocycles. The van der Waals surface area contributed by atoms with Crippen molar-refractivity contribution in [3.05, 3.63) is 22.5 Å². The molecule has 6 heteroatoms. The number of Topliss-reactive ketones (excluding diaryl/α,β-unsaturated/α-hetero) is 1. The third-order valence-electron chi connectivity index (χ3n) is 5.86. The van der Waals surface area contributed by atoms with Crippen LogP contribution >= 0.6 is 0 Å². The molecular weight excluding hydrogens is 344 g/mol. The van der Waals surface area contributed by atoms with Crippen LogP contribution in [-0.2, 0) is 9.53 Å². The third-order valence-corrected chi connectivity index (χ3v) is 5.86. The average molecular weight is 374 g/mol. The molecule has 2 aliphatic rings. The third kappa shape index (κ3) is 3.80. The number of rotatable bonds is 7. The number of ketones is 1. The van der Waals surface area contributed by atoms with Crippen LogP contribution in [0.4, 0.5) is 0 Å². The molecule has 0 unspecified atom stereocenters. The van der Waals surface area contributed by atoms with Crippen LogP contribution in [0, 0.1) is 19.8 Å². The van der Waals surface area contributed by atoms with Crippen LogP contribution in [-0.4, -0.2) is 46.2 Å². The van der Waals surface area contributed by atoms with Crippen LogP contribution in [0.5, 0.6) is 0 Å². The van der Waals surface area contributed by atoms with Crippen molar-refractivity contribution in [3.8, 4) is 0 Å². The van der Waals surface area contributed by atoms with Crippen LogP contribution in [0.25, 0.3) is 0 Å². The fourth-order valence-corrected chi connectivity index (χ4v) is 4.29. The Morgan fingerprint density at radius 3 is 2.33 bits per heavy atom. The lowest BCUT2D eigenvalue weighted by Gasteiger charge is -2.31. The maximum atomic E-state index is 13.3. The van der Waals surface area contributed by atoms with Crippen molar-refractivity contribution in [2.45, 2.75) is 78.3 Å². The van der Waals surface area contributed by atoms with Gasteiger partial charge in [-0.05, 0) is 58.9 Å². The first-order valence-corrected chi connectivity index (χ1v) is 10.1. The summed E-state index contributed by atoms with van der Waals surface area (Å²) < 4.78 is 5.07. The second kappa shape index (κ2) is 7.87. The van der Waals surface area contributed by atoms with E-state index in [2.05, 4.69) is 4.98 Å². The van der Waals surface area contributed by atoms with Crippen LogP contribution in [0.3, 0.4) is 0 Å². The van der Waals surface area contributed by atoms with E-state index in [0.29, 0.717) is 22.5 Å². The first-order valence-electron chi connectivity index (χ1n) is 10.1. The van der Waals surface area contributed by atoms with E-state index >= 15 is 0 Å². The molecule has 3 rings (SSSR count). The van der Waals surface area contributed by atoms with Crippen molar-refractivity contribution >= 4 is 17.7 Å². The summed E-state index contributed by atoms with van der Waals surface area (Å²) in [4.78, 5) is 43.3. The normalized spacial score (nSPS) is 18.4. The smallest absolute Gasteiger partial charge is 0.355 e. The molecule has 1 amide bonds. The van der Waals surface area contributed by atoms with Gasteiger partial charge in [-0.3, -0.25) is 9.59 Å². The molecule has 1 N–H and O–H groups in total. The molecule has 27 heavy (non-hydrogen) atoms. The highest BCUT2D eigenvalue weighted by Crippen LogP contribution is 2.35. The predicted molar refractivity (Wildman–Crippen MR) is 102 cm³/mol. The predicted octanol–water partition coefficient (Wildman–Crippen LogP) is 3.56. The second-order valence-electron chi connectivity index (χ2n) is 7.84. The topological polar surface area (TPSA) is 79.5 Å². The van der Waals surface area contributed by atoms with Gasteiger partial charge in [0, 0.05) is 23.2 Å². The van der Waals surface area contributed by atoms with E-state index in [0.717, 1.165) is 38.5 Å². The van der Waals surface area contributed by atoms with Gasteiger partial charge in [0.1, 0.15) is 5.69 Å². The molecule has 0 aliphatic heterocycles. The summed E-state index contributed by atoms with van der Waals surface area (Å²) in [5.41, 5.74) is 2.09. The Morgan fingerprint density at radius 1 is 1.15 bits per heavy atom. The molecule has 148 valence electrons.